The molecule has 3 rings (SSSR count). The number of hydrogen-bond acceptors (Lipinski definition) is 2. The monoisotopic (exact) mass is 325 g/mol. The van der Waals surface area contributed by atoms with Gasteiger partial charge in [0, 0.05) is 30.4 Å². The first-order chi connectivity index (χ1) is 11.3. The quantitative estimate of drug-likeness (QED) is 0.798. The van der Waals surface area contributed by atoms with Crippen molar-refractivity contribution in [1.82, 2.24) is 14.9 Å². The Kier molecular flexibility index (Phi) is 4.09. The predicted octanol–water partition coefficient (Wildman–Crippen LogP) is 3.46. The molecule has 124 valence electrons. The first-order valence-electron chi connectivity index (χ1n) is 7.82. The second-order valence-electron chi connectivity index (χ2n) is 6.70. The maximum absolute atomic E-state index is 13.0. The van der Waals surface area contributed by atoms with Crippen LogP contribution in [0.15, 0.2) is 48.8 Å². The Labute approximate surface area is 140 Å². The molecule has 0 unspecified atom stereocenters. The van der Waals surface area contributed by atoms with E-state index in [1.807, 2.05) is 43.8 Å². The minimum absolute atomic E-state index is 0.166. The van der Waals surface area contributed by atoms with Crippen molar-refractivity contribution in [1.29, 1.82) is 0 Å². The second kappa shape index (κ2) is 6.07. The van der Waals surface area contributed by atoms with E-state index in [-0.39, 0.29) is 11.7 Å². The molecule has 0 spiro atoms. The van der Waals surface area contributed by atoms with Gasteiger partial charge in [-0.25, -0.2) is 9.37 Å². The van der Waals surface area contributed by atoms with Crippen molar-refractivity contribution in [3.05, 3.63) is 65.7 Å². The smallest absolute Gasteiger partial charge is 0.253 e. The number of rotatable bonds is 4. The Morgan fingerprint density at radius 1 is 1.25 bits per heavy atom. The van der Waals surface area contributed by atoms with Crippen LogP contribution < -0.4 is 5.32 Å². The summed E-state index contributed by atoms with van der Waals surface area (Å²) in [6.07, 6.45) is 4.11. The van der Waals surface area contributed by atoms with Crippen molar-refractivity contribution in [2.75, 3.05) is 0 Å². The van der Waals surface area contributed by atoms with E-state index >= 15 is 0 Å². The van der Waals surface area contributed by atoms with E-state index in [2.05, 4.69) is 10.3 Å². The molecular formula is C19H20FN3O. The standard InChI is InChI=1S/C19H20FN3O/c1-19(2,11-13-4-6-16(20)7-5-13)22-18(24)15-10-14-8-9-23(3)17(14)21-12-15/h4-10,12H,11H2,1-3H3,(H,22,24). The van der Waals surface area contributed by atoms with Gasteiger partial charge in [-0.05, 0) is 50.1 Å². The third-order valence-corrected chi connectivity index (χ3v) is 3.98. The number of amides is 1. The van der Waals surface area contributed by atoms with Crippen molar-refractivity contribution in [2.45, 2.75) is 25.8 Å². The van der Waals surface area contributed by atoms with Gasteiger partial charge in [-0.1, -0.05) is 12.1 Å². The highest BCUT2D eigenvalue weighted by atomic mass is 19.1. The van der Waals surface area contributed by atoms with E-state index in [9.17, 15) is 9.18 Å². The lowest BCUT2D eigenvalue weighted by molar-refractivity contribution is 0.0913. The van der Waals surface area contributed by atoms with Crippen molar-refractivity contribution < 1.29 is 9.18 Å². The van der Waals surface area contributed by atoms with Crippen LogP contribution in [0.5, 0.6) is 0 Å². The molecule has 0 saturated carbocycles. The Morgan fingerprint density at radius 3 is 2.67 bits per heavy atom. The highest BCUT2D eigenvalue weighted by Crippen LogP contribution is 2.17. The van der Waals surface area contributed by atoms with E-state index in [1.165, 1.54) is 12.1 Å². The van der Waals surface area contributed by atoms with Gasteiger partial charge in [0.25, 0.3) is 5.91 Å². The third kappa shape index (κ3) is 3.45. The maximum atomic E-state index is 13.0. The van der Waals surface area contributed by atoms with Gasteiger partial charge in [-0.15, -0.1) is 0 Å². The van der Waals surface area contributed by atoms with Crippen LogP contribution in [0.4, 0.5) is 4.39 Å². The van der Waals surface area contributed by atoms with Crippen LogP contribution in [0.3, 0.4) is 0 Å². The topological polar surface area (TPSA) is 46.9 Å². The average Bonchev–Trinajstić information content (AvgIpc) is 2.90. The summed E-state index contributed by atoms with van der Waals surface area (Å²) in [4.78, 5) is 16.9. The van der Waals surface area contributed by atoms with Crippen LogP contribution in [0.1, 0.15) is 29.8 Å². The van der Waals surface area contributed by atoms with Crippen molar-refractivity contribution in [3.63, 3.8) is 0 Å². The van der Waals surface area contributed by atoms with Gasteiger partial charge >= 0.3 is 0 Å². The number of halogens is 1. The zero-order valence-electron chi connectivity index (χ0n) is 14.0. The van der Waals surface area contributed by atoms with E-state index in [0.29, 0.717) is 12.0 Å². The predicted molar refractivity (Wildman–Crippen MR) is 92.4 cm³/mol. The molecule has 0 bridgehead atoms. The Balaban J connectivity index is 1.74. The molecule has 1 aromatic carbocycles. The molecule has 0 aliphatic carbocycles. The molecule has 24 heavy (non-hydrogen) atoms. The summed E-state index contributed by atoms with van der Waals surface area (Å²) >= 11 is 0. The molecule has 2 heterocycles. The Morgan fingerprint density at radius 2 is 1.96 bits per heavy atom. The molecule has 3 aromatic rings. The van der Waals surface area contributed by atoms with Crippen LogP contribution in [-0.4, -0.2) is 21.0 Å². The van der Waals surface area contributed by atoms with E-state index in [0.717, 1.165) is 16.6 Å². The fourth-order valence-corrected chi connectivity index (χ4v) is 2.82. The zero-order chi connectivity index (χ0) is 17.3. The normalized spacial score (nSPS) is 11.7. The van der Waals surface area contributed by atoms with Gasteiger partial charge in [-0.2, -0.15) is 0 Å². The summed E-state index contributed by atoms with van der Waals surface area (Å²) in [5, 5.41) is 3.96. The molecule has 5 heteroatoms. The number of nitrogens with one attached hydrogen (secondary N) is 1. The number of aromatic nitrogens is 2. The summed E-state index contributed by atoms with van der Waals surface area (Å²) in [7, 11) is 1.92. The highest BCUT2D eigenvalue weighted by Gasteiger charge is 2.22. The van der Waals surface area contributed by atoms with Gasteiger partial charge in [0.2, 0.25) is 0 Å². The summed E-state index contributed by atoms with van der Waals surface area (Å²) in [5.74, 6) is -0.428. The maximum Gasteiger partial charge on any atom is 0.253 e. The molecule has 1 N–H and O–H groups in total. The van der Waals surface area contributed by atoms with Crippen LogP contribution in [0.25, 0.3) is 11.0 Å². The SMILES string of the molecule is Cn1ccc2cc(C(=O)NC(C)(C)Cc3ccc(F)cc3)cnc21. The lowest BCUT2D eigenvalue weighted by Crippen LogP contribution is -2.45. The number of hydrogen-bond donors (Lipinski definition) is 1. The van der Waals surface area contributed by atoms with Crippen LogP contribution >= 0.6 is 0 Å². The molecule has 0 saturated heterocycles. The molecule has 0 atom stereocenters. The summed E-state index contributed by atoms with van der Waals surface area (Å²) < 4.78 is 14.9. The highest BCUT2D eigenvalue weighted by molar-refractivity contribution is 5.97. The van der Waals surface area contributed by atoms with Crippen LogP contribution in [-0.2, 0) is 13.5 Å². The molecule has 0 aliphatic rings. The molecule has 1 amide bonds. The first-order valence-corrected chi connectivity index (χ1v) is 7.82. The van der Waals surface area contributed by atoms with Crippen molar-refractivity contribution in [3.8, 4) is 0 Å². The minimum Gasteiger partial charge on any atom is -0.347 e. The van der Waals surface area contributed by atoms with Crippen molar-refractivity contribution in [2.24, 2.45) is 7.05 Å². The van der Waals surface area contributed by atoms with E-state index < -0.39 is 5.54 Å². The number of nitrogens with zero attached hydrogens (tertiary/aromatic N) is 2. The van der Waals surface area contributed by atoms with Crippen LogP contribution in [0, 0.1) is 5.82 Å². The van der Waals surface area contributed by atoms with Gasteiger partial charge in [0.15, 0.2) is 0 Å². The molecular weight excluding hydrogens is 305 g/mol. The average molecular weight is 325 g/mol. The van der Waals surface area contributed by atoms with Crippen LogP contribution in [0.2, 0.25) is 0 Å². The number of aryl methyl sites for hydroxylation is 1. The van der Waals surface area contributed by atoms with Crippen molar-refractivity contribution >= 4 is 16.9 Å². The summed E-state index contributed by atoms with van der Waals surface area (Å²) in [5.41, 5.74) is 1.89. The number of benzene rings is 1. The number of pyridine rings is 1. The van der Waals surface area contributed by atoms with E-state index in [4.69, 9.17) is 0 Å². The van der Waals surface area contributed by atoms with Gasteiger partial charge in [0.1, 0.15) is 11.5 Å². The molecule has 0 fully saturated rings. The lowest BCUT2D eigenvalue weighted by Gasteiger charge is -2.26. The summed E-state index contributed by atoms with van der Waals surface area (Å²) in [6, 6.07) is 10.1. The fourth-order valence-electron chi connectivity index (χ4n) is 2.82. The number of fused-ring (bicyclic) bond motifs is 1. The van der Waals surface area contributed by atoms with Gasteiger partial charge in [-0.3, -0.25) is 4.79 Å². The zero-order valence-corrected chi connectivity index (χ0v) is 14.0. The second-order valence-corrected chi connectivity index (χ2v) is 6.70. The van der Waals surface area contributed by atoms with E-state index in [1.54, 1.807) is 18.3 Å². The van der Waals surface area contributed by atoms with Gasteiger partial charge in [0.05, 0.1) is 5.56 Å². The third-order valence-electron chi connectivity index (χ3n) is 3.98. The molecule has 2 aromatic heterocycles. The number of carbonyl (C=O) groups is 1. The fraction of sp³-hybridized carbons (Fsp3) is 0.263. The minimum atomic E-state index is -0.458. The Bertz CT molecular complexity index is 881. The first kappa shape index (κ1) is 16.2. The molecule has 0 aliphatic heterocycles. The summed E-state index contributed by atoms with van der Waals surface area (Å²) in [6.45, 7) is 3.89. The molecule has 0 radical (unpaired) electrons. The largest absolute Gasteiger partial charge is 0.347 e. The Hall–Kier alpha value is -2.69. The van der Waals surface area contributed by atoms with Gasteiger partial charge < -0.3 is 9.88 Å². The number of carbonyl (C=O) groups excluding carboxylic acids is 1. The molecule has 4 nitrogen and oxygen atoms in total. The lowest BCUT2D eigenvalue weighted by atomic mass is 9.94.